The van der Waals surface area contributed by atoms with Crippen molar-refractivity contribution in [3.63, 3.8) is 0 Å². The van der Waals surface area contributed by atoms with Gasteiger partial charge >= 0.3 is 5.97 Å². The molecule has 0 amide bonds. The zero-order valence-corrected chi connectivity index (χ0v) is 15.9. The van der Waals surface area contributed by atoms with Crippen LogP contribution in [0.5, 0.6) is 0 Å². The average molecular weight is 390 g/mol. The van der Waals surface area contributed by atoms with E-state index in [9.17, 15) is 4.79 Å². The van der Waals surface area contributed by atoms with Gasteiger partial charge in [-0.3, -0.25) is 0 Å². The van der Waals surface area contributed by atoms with E-state index >= 15 is 0 Å². The van der Waals surface area contributed by atoms with E-state index in [0.29, 0.717) is 33.9 Å². The van der Waals surface area contributed by atoms with E-state index in [1.165, 1.54) is 0 Å². The fraction of sp³-hybridized carbons (Fsp3) is 0.150. The summed E-state index contributed by atoms with van der Waals surface area (Å²) in [7, 11) is 3.56. The van der Waals surface area contributed by atoms with Gasteiger partial charge in [0, 0.05) is 19.5 Å². The van der Waals surface area contributed by atoms with Crippen molar-refractivity contribution in [3.8, 4) is 11.5 Å². The Balaban J connectivity index is 1.65. The van der Waals surface area contributed by atoms with Crippen molar-refractivity contribution in [2.75, 3.05) is 24.7 Å². The van der Waals surface area contributed by atoms with Gasteiger partial charge < -0.3 is 19.8 Å². The number of pyridine rings is 1. The molecule has 0 aliphatic rings. The number of nitrogens with two attached hydrogens (primary N) is 1. The fourth-order valence-corrected chi connectivity index (χ4v) is 2.79. The van der Waals surface area contributed by atoms with Crippen LogP contribution in [0.25, 0.3) is 22.4 Å². The summed E-state index contributed by atoms with van der Waals surface area (Å²) in [6.07, 6.45) is 1.55. The highest BCUT2D eigenvalue weighted by Gasteiger charge is 2.17. The largest absolute Gasteiger partial charge is 0.463 e. The number of nitrogens with zero attached hydrogens (tertiary/aromatic N) is 5. The topological polar surface area (TPSA) is 120 Å². The summed E-state index contributed by atoms with van der Waals surface area (Å²) in [5, 5.41) is 0.678. The number of para-hydroxylation sites is 1. The van der Waals surface area contributed by atoms with Gasteiger partial charge in [0.05, 0.1) is 17.3 Å². The maximum absolute atomic E-state index is 12.9. The molecule has 0 bridgehead atoms. The van der Waals surface area contributed by atoms with E-state index in [-0.39, 0.29) is 18.4 Å². The average Bonchev–Trinajstić information content (AvgIpc) is 3.25. The molecule has 0 fully saturated rings. The molecule has 9 nitrogen and oxygen atoms in total. The quantitative estimate of drug-likeness (QED) is 0.513. The first-order valence-corrected chi connectivity index (χ1v) is 8.80. The summed E-state index contributed by atoms with van der Waals surface area (Å²) in [5.74, 6) is 0.744. The Morgan fingerprint density at radius 3 is 2.69 bits per heavy atom. The van der Waals surface area contributed by atoms with Gasteiger partial charge in [-0.2, -0.15) is 15.0 Å². The highest BCUT2D eigenvalue weighted by Crippen LogP contribution is 2.26. The number of carbonyl (C=O) groups excluding carboxylic acids is 1. The zero-order chi connectivity index (χ0) is 20.4. The molecular weight excluding hydrogens is 372 g/mol. The predicted molar refractivity (Wildman–Crippen MR) is 107 cm³/mol. The predicted octanol–water partition coefficient (Wildman–Crippen LogP) is 2.69. The monoisotopic (exact) mass is 390 g/mol. The fourth-order valence-electron chi connectivity index (χ4n) is 2.79. The van der Waals surface area contributed by atoms with Crippen LogP contribution in [0, 0.1) is 0 Å². The first-order valence-electron chi connectivity index (χ1n) is 8.80. The molecule has 4 rings (SSSR count). The number of hydrogen-bond donors (Lipinski definition) is 1. The molecule has 0 spiro atoms. The number of hydrogen-bond acceptors (Lipinski definition) is 9. The first-order chi connectivity index (χ1) is 14.0. The number of carbonyl (C=O) groups is 1. The summed E-state index contributed by atoms with van der Waals surface area (Å²) in [4.78, 5) is 31.4. The third-order valence-corrected chi connectivity index (χ3v) is 4.13. The summed E-state index contributed by atoms with van der Waals surface area (Å²) >= 11 is 0. The SMILES string of the molecule is CN(C)c1nc(N)nc(COC(=O)c2cc(-c3ccco3)nc3ccccc23)n1. The summed E-state index contributed by atoms with van der Waals surface area (Å²) in [5.41, 5.74) is 7.29. The molecule has 2 N–H and O–H groups in total. The number of benzene rings is 1. The van der Waals surface area contributed by atoms with Crippen LogP contribution < -0.4 is 10.6 Å². The third-order valence-electron chi connectivity index (χ3n) is 4.13. The molecule has 3 heterocycles. The van der Waals surface area contributed by atoms with Gasteiger partial charge in [0.2, 0.25) is 11.9 Å². The maximum Gasteiger partial charge on any atom is 0.339 e. The van der Waals surface area contributed by atoms with E-state index in [1.54, 1.807) is 43.5 Å². The molecule has 3 aromatic heterocycles. The van der Waals surface area contributed by atoms with Gasteiger partial charge in [-0.05, 0) is 24.3 Å². The molecule has 0 aliphatic carbocycles. The second-order valence-electron chi connectivity index (χ2n) is 6.43. The number of ether oxygens (including phenoxy) is 1. The Bertz CT molecular complexity index is 1170. The minimum atomic E-state index is -0.526. The van der Waals surface area contributed by atoms with Gasteiger partial charge in [-0.25, -0.2) is 9.78 Å². The summed E-state index contributed by atoms with van der Waals surface area (Å²) in [6, 6.07) is 12.5. The molecule has 9 heteroatoms. The Labute approximate surface area is 166 Å². The number of nitrogen functional groups attached to an aromatic ring is 1. The van der Waals surface area contributed by atoms with Gasteiger partial charge in [0.15, 0.2) is 18.2 Å². The molecule has 4 aromatic rings. The van der Waals surface area contributed by atoms with E-state index in [0.717, 1.165) is 0 Å². The van der Waals surface area contributed by atoms with Crippen molar-refractivity contribution in [1.82, 2.24) is 19.9 Å². The molecule has 0 saturated carbocycles. The van der Waals surface area contributed by atoms with Crippen LogP contribution in [0.2, 0.25) is 0 Å². The third kappa shape index (κ3) is 3.84. The lowest BCUT2D eigenvalue weighted by atomic mass is 10.1. The lowest BCUT2D eigenvalue weighted by Gasteiger charge is -2.12. The van der Waals surface area contributed by atoms with Gasteiger partial charge in [0.1, 0.15) is 5.69 Å². The number of esters is 1. The van der Waals surface area contributed by atoms with Crippen LogP contribution in [0.15, 0.2) is 53.1 Å². The second-order valence-corrected chi connectivity index (χ2v) is 6.43. The molecule has 0 aliphatic heterocycles. The lowest BCUT2D eigenvalue weighted by Crippen LogP contribution is -2.17. The number of aromatic nitrogens is 4. The van der Waals surface area contributed by atoms with Crippen molar-refractivity contribution >= 4 is 28.8 Å². The van der Waals surface area contributed by atoms with Crippen LogP contribution in [0.1, 0.15) is 16.2 Å². The maximum atomic E-state index is 12.9. The van der Waals surface area contributed by atoms with Crippen LogP contribution in [-0.4, -0.2) is 40.0 Å². The van der Waals surface area contributed by atoms with Crippen molar-refractivity contribution in [2.24, 2.45) is 0 Å². The number of fused-ring (bicyclic) bond motifs is 1. The minimum Gasteiger partial charge on any atom is -0.463 e. The van der Waals surface area contributed by atoms with Crippen LogP contribution >= 0.6 is 0 Å². The van der Waals surface area contributed by atoms with E-state index in [1.807, 2.05) is 24.3 Å². The van der Waals surface area contributed by atoms with Crippen LogP contribution in [0.3, 0.4) is 0 Å². The number of furan rings is 1. The summed E-state index contributed by atoms with van der Waals surface area (Å²) < 4.78 is 10.9. The van der Waals surface area contributed by atoms with E-state index in [2.05, 4.69) is 19.9 Å². The van der Waals surface area contributed by atoms with Crippen molar-refractivity contribution in [2.45, 2.75) is 6.61 Å². The molecule has 0 atom stereocenters. The first kappa shape index (κ1) is 18.4. The highest BCUT2D eigenvalue weighted by atomic mass is 16.5. The Morgan fingerprint density at radius 1 is 1.10 bits per heavy atom. The summed E-state index contributed by atoms with van der Waals surface area (Å²) in [6.45, 7) is -0.140. The van der Waals surface area contributed by atoms with Crippen molar-refractivity contribution in [1.29, 1.82) is 0 Å². The minimum absolute atomic E-state index is 0.0595. The van der Waals surface area contributed by atoms with E-state index in [4.69, 9.17) is 14.9 Å². The Hall–Kier alpha value is -4.01. The van der Waals surface area contributed by atoms with Crippen molar-refractivity contribution < 1.29 is 13.9 Å². The molecular formula is C20H18N6O3. The molecule has 0 saturated heterocycles. The number of rotatable bonds is 5. The van der Waals surface area contributed by atoms with E-state index < -0.39 is 5.97 Å². The van der Waals surface area contributed by atoms with Gasteiger partial charge in [-0.15, -0.1) is 0 Å². The molecule has 1 aromatic carbocycles. The molecule has 146 valence electrons. The highest BCUT2D eigenvalue weighted by molar-refractivity contribution is 6.04. The Kier molecular flexibility index (Phi) is 4.78. The van der Waals surface area contributed by atoms with Gasteiger partial charge in [0.25, 0.3) is 0 Å². The molecule has 29 heavy (non-hydrogen) atoms. The standard InChI is InChI=1S/C20H18N6O3/c1-26(2)20-24-17(23-19(21)25-20)11-29-18(27)13-10-15(16-8-5-9-28-16)22-14-7-4-3-6-12(13)14/h3-10H,11H2,1-2H3,(H2,21,23,24,25). The second kappa shape index (κ2) is 7.55. The normalized spacial score (nSPS) is 10.8. The van der Waals surface area contributed by atoms with Gasteiger partial charge in [-0.1, -0.05) is 18.2 Å². The van der Waals surface area contributed by atoms with Crippen LogP contribution in [-0.2, 0) is 11.3 Å². The lowest BCUT2D eigenvalue weighted by molar-refractivity contribution is 0.0464. The molecule has 0 radical (unpaired) electrons. The molecule has 0 unspecified atom stereocenters. The van der Waals surface area contributed by atoms with Crippen molar-refractivity contribution in [3.05, 3.63) is 60.1 Å². The van der Waals surface area contributed by atoms with Crippen LogP contribution in [0.4, 0.5) is 11.9 Å². The smallest absolute Gasteiger partial charge is 0.339 e. The zero-order valence-electron chi connectivity index (χ0n) is 15.9. The number of anilines is 2. The Morgan fingerprint density at radius 2 is 1.93 bits per heavy atom.